The van der Waals surface area contributed by atoms with Crippen LogP contribution in [-0.2, 0) is 11.3 Å². The molecular formula is C15H15N3O3S. The minimum absolute atomic E-state index is 0.0946. The number of benzene rings is 1. The number of amides is 1. The van der Waals surface area contributed by atoms with Gasteiger partial charge in [0.15, 0.2) is 5.16 Å². The molecule has 1 unspecified atom stereocenters. The first-order valence-electron chi connectivity index (χ1n) is 6.84. The molecule has 22 heavy (non-hydrogen) atoms. The summed E-state index contributed by atoms with van der Waals surface area (Å²) in [6, 6.07) is 6.39. The van der Waals surface area contributed by atoms with Crippen molar-refractivity contribution >= 4 is 23.4 Å². The van der Waals surface area contributed by atoms with Crippen LogP contribution in [-0.4, -0.2) is 26.3 Å². The van der Waals surface area contributed by atoms with E-state index in [0.29, 0.717) is 28.7 Å². The first-order valence-corrected chi connectivity index (χ1v) is 7.82. The molecule has 1 aliphatic heterocycles. The molecule has 0 radical (unpaired) electrons. The van der Waals surface area contributed by atoms with Gasteiger partial charge in [0, 0.05) is 35.8 Å². The van der Waals surface area contributed by atoms with Crippen molar-refractivity contribution < 1.29 is 9.90 Å². The van der Waals surface area contributed by atoms with Gasteiger partial charge in [0.25, 0.3) is 5.56 Å². The summed E-state index contributed by atoms with van der Waals surface area (Å²) in [6.07, 6.45) is 1.56. The highest BCUT2D eigenvalue weighted by Gasteiger charge is 2.27. The summed E-state index contributed by atoms with van der Waals surface area (Å²) in [5, 5.41) is 12.8. The molecule has 1 aromatic heterocycles. The molecule has 0 fully saturated rings. The lowest BCUT2D eigenvalue weighted by molar-refractivity contribution is -0.119. The number of fused-ring (bicyclic) bond motifs is 1. The number of rotatable bonds is 2. The van der Waals surface area contributed by atoms with Crippen LogP contribution in [0.15, 0.2) is 40.4 Å². The lowest BCUT2D eigenvalue weighted by atomic mass is 10.1. The van der Waals surface area contributed by atoms with Crippen molar-refractivity contribution in [3.8, 4) is 5.75 Å². The number of phenols is 1. The highest BCUT2D eigenvalue weighted by atomic mass is 32.2. The van der Waals surface area contributed by atoms with Crippen LogP contribution in [0.1, 0.15) is 5.56 Å². The van der Waals surface area contributed by atoms with Crippen LogP contribution >= 0.6 is 11.8 Å². The van der Waals surface area contributed by atoms with E-state index >= 15 is 0 Å². The van der Waals surface area contributed by atoms with Crippen molar-refractivity contribution in [3.63, 3.8) is 0 Å². The maximum Gasteiger partial charge on any atom is 0.257 e. The van der Waals surface area contributed by atoms with Gasteiger partial charge in [0.1, 0.15) is 5.75 Å². The van der Waals surface area contributed by atoms with Crippen LogP contribution in [0.5, 0.6) is 5.75 Å². The van der Waals surface area contributed by atoms with Gasteiger partial charge >= 0.3 is 0 Å². The largest absolute Gasteiger partial charge is 0.508 e. The molecule has 0 aliphatic carbocycles. The van der Waals surface area contributed by atoms with Crippen molar-refractivity contribution in [1.82, 2.24) is 9.55 Å². The summed E-state index contributed by atoms with van der Waals surface area (Å²) in [5.41, 5.74) is 1.00. The van der Waals surface area contributed by atoms with Gasteiger partial charge in [-0.25, -0.2) is 4.98 Å². The Morgan fingerprint density at radius 2 is 2.32 bits per heavy atom. The smallest absolute Gasteiger partial charge is 0.257 e. The van der Waals surface area contributed by atoms with Crippen LogP contribution < -0.4 is 10.9 Å². The van der Waals surface area contributed by atoms with Gasteiger partial charge < -0.3 is 10.4 Å². The molecule has 1 amide bonds. The second kappa shape index (κ2) is 5.84. The zero-order valence-corrected chi connectivity index (χ0v) is 12.8. The number of phenolic OH excluding ortho intramolecular Hbond substituents is 1. The van der Waals surface area contributed by atoms with E-state index in [1.165, 1.54) is 23.9 Å². The Morgan fingerprint density at radius 3 is 3.09 bits per heavy atom. The monoisotopic (exact) mass is 317 g/mol. The van der Waals surface area contributed by atoms with Crippen LogP contribution in [0.2, 0.25) is 0 Å². The minimum Gasteiger partial charge on any atom is -0.508 e. The third-order valence-electron chi connectivity index (χ3n) is 3.48. The zero-order valence-electron chi connectivity index (χ0n) is 11.9. The molecular weight excluding hydrogens is 302 g/mol. The molecule has 114 valence electrons. The molecule has 0 saturated heterocycles. The molecule has 2 N–H and O–H groups in total. The first kappa shape index (κ1) is 14.6. The Hall–Kier alpha value is -2.28. The molecule has 0 saturated carbocycles. The van der Waals surface area contributed by atoms with Crippen LogP contribution in [0.4, 0.5) is 5.69 Å². The minimum atomic E-state index is -0.318. The summed E-state index contributed by atoms with van der Waals surface area (Å²) < 4.78 is 1.55. The average molecular weight is 317 g/mol. The second-order valence-electron chi connectivity index (χ2n) is 5.19. The molecule has 6 nitrogen and oxygen atoms in total. The number of thioether (sulfide) groups is 1. The van der Waals surface area contributed by atoms with Crippen molar-refractivity contribution in [1.29, 1.82) is 0 Å². The van der Waals surface area contributed by atoms with Crippen molar-refractivity contribution in [3.05, 3.63) is 46.4 Å². The van der Waals surface area contributed by atoms with Crippen LogP contribution in [0.3, 0.4) is 0 Å². The second-order valence-corrected chi connectivity index (χ2v) is 6.17. The molecule has 1 aliphatic rings. The van der Waals surface area contributed by atoms with Gasteiger partial charge in [0.2, 0.25) is 5.91 Å². The van der Waals surface area contributed by atoms with E-state index in [-0.39, 0.29) is 23.1 Å². The van der Waals surface area contributed by atoms with E-state index in [1.54, 1.807) is 29.8 Å². The molecule has 2 aromatic rings. The van der Waals surface area contributed by atoms with Crippen molar-refractivity contribution in [2.24, 2.45) is 5.92 Å². The summed E-state index contributed by atoms with van der Waals surface area (Å²) in [5.74, 6) is 0.177. The van der Waals surface area contributed by atoms with E-state index in [9.17, 15) is 14.7 Å². The summed E-state index contributed by atoms with van der Waals surface area (Å²) in [4.78, 5) is 28.7. The Labute approximate surface area is 131 Å². The number of hydrogen-bond acceptors (Lipinski definition) is 5. The van der Waals surface area contributed by atoms with E-state index in [2.05, 4.69) is 10.3 Å². The number of hydrogen-bond donors (Lipinski definition) is 2. The molecule has 3 rings (SSSR count). The molecule has 1 atom stereocenters. The molecule has 7 heteroatoms. The zero-order chi connectivity index (χ0) is 15.7. The fraction of sp³-hybridized carbons (Fsp3) is 0.267. The number of carbonyl (C=O) groups is 1. The maximum absolute atomic E-state index is 12.3. The fourth-order valence-electron chi connectivity index (χ4n) is 2.29. The van der Waals surface area contributed by atoms with Crippen molar-refractivity contribution in [2.45, 2.75) is 18.6 Å². The lowest BCUT2D eigenvalue weighted by Crippen LogP contribution is -2.37. The summed E-state index contributed by atoms with van der Waals surface area (Å²) in [6.45, 7) is 2.03. The highest BCUT2D eigenvalue weighted by Crippen LogP contribution is 2.26. The molecule has 0 bridgehead atoms. The van der Waals surface area contributed by atoms with Crippen LogP contribution in [0, 0.1) is 12.8 Å². The first-order chi connectivity index (χ1) is 10.5. The predicted molar refractivity (Wildman–Crippen MR) is 84.2 cm³/mol. The number of aromatic hydroxyl groups is 1. The molecule has 0 spiro atoms. The quantitative estimate of drug-likeness (QED) is 0.822. The third kappa shape index (κ3) is 2.85. The highest BCUT2D eigenvalue weighted by molar-refractivity contribution is 7.99. The van der Waals surface area contributed by atoms with E-state index in [1.807, 2.05) is 0 Å². The van der Waals surface area contributed by atoms with Gasteiger partial charge in [-0.15, -0.1) is 0 Å². The Kier molecular flexibility index (Phi) is 3.89. The number of anilines is 1. The Balaban J connectivity index is 1.78. The number of aryl methyl sites for hydroxylation is 1. The average Bonchev–Trinajstić information content (AvgIpc) is 2.51. The topological polar surface area (TPSA) is 84.2 Å². The standard InChI is InChI=1S/C15H15N3O3S/c1-9-6-16-15-18(14(9)21)7-10(8-22-15)13(20)17-11-3-2-4-12(19)5-11/h2-6,10,19H,7-8H2,1H3,(H,17,20). The maximum atomic E-state index is 12.3. The van der Waals surface area contributed by atoms with E-state index in [0.717, 1.165) is 0 Å². The third-order valence-corrected chi connectivity index (χ3v) is 4.64. The SMILES string of the molecule is Cc1cnc2n(c1=O)CC(C(=O)Nc1cccc(O)c1)CS2. The molecule has 2 heterocycles. The number of nitrogens with one attached hydrogen (secondary N) is 1. The molecule has 1 aromatic carbocycles. The Morgan fingerprint density at radius 1 is 1.50 bits per heavy atom. The number of carbonyl (C=O) groups excluding carboxylic acids is 1. The lowest BCUT2D eigenvalue weighted by Gasteiger charge is -2.24. The van der Waals surface area contributed by atoms with Gasteiger partial charge in [-0.2, -0.15) is 0 Å². The predicted octanol–water partition coefficient (Wildman–Crippen LogP) is 1.62. The van der Waals surface area contributed by atoms with Gasteiger partial charge in [-0.1, -0.05) is 17.8 Å². The summed E-state index contributed by atoms with van der Waals surface area (Å²) in [7, 11) is 0. The number of nitrogens with zero attached hydrogens (tertiary/aromatic N) is 2. The summed E-state index contributed by atoms with van der Waals surface area (Å²) >= 11 is 1.40. The van der Waals surface area contributed by atoms with Gasteiger partial charge in [-0.05, 0) is 19.1 Å². The fourth-order valence-corrected chi connectivity index (χ4v) is 3.34. The Bertz CT molecular complexity index is 788. The number of aromatic nitrogens is 2. The normalized spacial score (nSPS) is 16.9. The van der Waals surface area contributed by atoms with Crippen molar-refractivity contribution in [2.75, 3.05) is 11.1 Å². The van der Waals surface area contributed by atoms with Crippen LogP contribution in [0.25, 0.3) is 0 Å². The van der Waals surface area contributed by atoms with Gasteiger partial charge in [0.05, 0.1) is 5.92 Å². The van der Waals surface area contributed by atoms with E-state index < -0.39 is 0 Å². The van der Waals surface area contributed by atoms with Gasteiger partial charge in [-0.3, -0.25) is 14.2 Å². The van der Waals surface area contributed by atoms with E-state index in [4.69, 9.17) is 0 Å².